The van der Waals surface area contributed by atoms with Gasteiger partial charge in [0.2, 0.25) is 0 Å². The summed E-state index contributed by atoms with van der Waals surface area (Å²) in [6.07, 6.45) is 5.43. The largest absolute Gasteiger partial charge is 0.291 e. The number of nitrogens with one attached hydrogen (secondary N) is 1. The van der Waals surface area contributed by atoms with E-state index < -0.39 is 0 Å². The summed E-state index contributed by atoms with van der Waals surface area (Å²) in [5, 5.41) is 7.01. The van der Waals surface area contributed by atoms with Crippen molar-refractivity contribution in [2.45, 2.75) is 52.1 Å². The Hall–Kier alpha value is -1.75. The first-order valence-electron chi connectivity index (χ1n) is 7.76. The highest BCUT2D eigenvalue weighted by Gasteiger charge is 2.28. The molecule has 112 valence electrons. The number of piperidine rings is 1. The Kier molecular flexibility index (Phi) is 4.01. The molecular formula is C16H23N5. The molecule has 1 saturated heterocycles. The van der Waals surface area contributed by atoms with Crippen molar-refractivity contribution in [2.24, 2.45) is 0 Å². The number of aromatic nitrogens is 4. The lowest BCUT2D eigenvalue weighted by molar-refractivity contribution is 0.106. The smallest absolute Gasteiger partial charge is 0.146 e. The molecule has 0 spiro atoms. The summed E-state index contributed by atoms with van der Waals surface area (Å²) < 4.78 is 0. The molecule has 3 heterocycles. The van der Waals surface area contributed by atoms with Crippen LogP contribution in [0.25, 0.3) is 11.4 Å². The van der Waals surface area contributed by atoms with E-state index in [1.807, 2.05) is 19.1 Å². The molecule has 5 heteroatoms. The molecule has 1 aliphatic heterocycles. The zero-order valence-electron chi connectivity index (χ0n) is 13.0. The monoisotopic (exact) mass is 285 g/mol. The molecular weight excluding hydrogens is 262 g/mol. The van der Waals surface area contributed by atoms with Crippen LogP contribution in [0.1, 0.15) is 50.7 Å². The summed E-state index contributed by atoms with van der Waals surface area (Å²) >= 11 is 0. The first-order chi connectivity index (χ1) is 10.1. The van der Waals surface area contributed by atoms with Crippen molar-refractivity contribution in [1.29, 1.82) is 0 Å². The summed E-state index contributed by atoms with van der Waals surface area (Å²) in [4.78, 5) is 12.0. The molecule has 0 aliphatic carbocycles. The highest BCUT2D eigenvalue weighted by Crippen LogP contribution is 2.31. The fourth-order valence-corrected chi connectivity index (χ4v) is 3.13. The lowest BCUT2D eigenvalue weighted by Gasteiger charge is -2.37. The van der Waals surface area contributed by atoms with Crippen LogP contribution in [0.15, 0.2) is 18.3 Å². The molecule has 1 N–H and O–H groups in total. The fraction of sp³-hybridized carbons (Fsp3) is 0.562. The third-order valence-corrected chi connectivity index (χ3v) is 4.15. The molecule has 2 aromatic heterocycles. The van der Waals surface area contributed by atoms with Crippen molar-refractivity contribution in [3.05, 3.63) is 29.8 Å². The minimum Gasteiger partial charge on any atom is -0.291 e. The van der Waals surface area contributed by atoms with Crippen molar-refractivity contribution < 1.29 is 0 Å². The van der Waals surface area contributed by atoms with Crippen LogP contribution in [0.2, 0.25) is 0 Å². The van der Waals surface area contributed by atoms with Gasteiger partial charge in [0.25, 0.3) is 0 Å². The Balaban J connectivity index is 1.97. The van der Waals surface area contributed by atoms with E-state index in [1.54, 1.807) is 6.20 Å². The Bertz CT molecular complexity index is 591. The second-order valence-electron chi connectivity index (χ2n) is 6.07. The number of H-pyrrole nitrogens is 1. The number of rotatable bonds is 3. The highest BCUT2D eigenvalue weighted by molar-refractivity contribution is 5.53. The van der Waals surface area contributed by atoms with Crippen LogP contribution in [0.4, 0.5) is 0 Å². The first kappa shape index (κ1) is 14.2. The van der Waals surface area contributed by atoms with Gasteiger partial charge in [-0.3, -0.25) is 10.00 Å². The number of aromatic amines is 1. The molecule has 1 aliphatic rings. The average Bonchev–Trinajstić information content (AvgIpc) is 3.01. The van der Waals surface area contributed by atoms with Crippen molar-refractivity contribution in [2.75, 3.05) is 6.54 Å². The lowest BCUT2D eigenvalue weighted by Crippen LogP contribution is -2.39. The van der Waals surface area contributed by atoms with E-state index in [0.717, 1.165) is 35.9 Å². The number of hydrogen-bond acceptors (Lipinski definition) is 4. The zero-order valence-corrected chi connectivity index (χ0v) is 13.0. The number of nitrogens with zero attached hydrogens (tertiary/aromatic N) is 4. The van der Waals surface area contributed by atoms with Crippen molar-refractivity contribution in [3.63, 3.8) is 0 Å². The lowest BCUT2D eigenvalue weighted by atomic mass is 9.99. The maximum absolute atomic E-state index is 4.81. The average molecular weight is 285 g/mol. The van der Waals surface area contributed by atoms with Crippen molar-refractivity contribution >= 4 is 0 Å². The Labute approximate surface area is 125 Å². The van der Waals surface area contributed by atoms with Gasteiger partial charge in [-0.25, -0.2) is 9.97 Å². The summed E-state index contributed by atoms with van der Waals surface area (Å²) in [5.41, 5.74) is 2.90. The molecule has 1 fully saturated rings. The molecule has 0 amide bonds. The summed E-state index contributed by atoms with van der Waals surface area (Å²) in [6, 6.07) is 4.82. The van der Waals surface area contributed by atoms with Gasteiger partial charge in [-0.15, -0.1) is 0 Å². The standard InChI is InChI=1S/C16H23N5/c1-11(2)21-9-5-4-6-15(21)16-18-12(3)10-14(19-16)13-7-8-17-20-13/h7-8,10-11,15H,4-6,9H2,1-3H3,(H,17,20)/t15-/m1/s1. The predicted octanol–water partition coefficient (Wildman–Crippen LogP) is 3.11. The summed E-state index contributed by atoms with van der Waals surface area (Å²) in [7, 11) is 0. The number of likely N-dealkylation sites (tertiary alicyclic amines) is 1. The normalized spacial score (nSPS) is 20.1. The Morgan fingerprint density at radius 1 is 1.29 bits per heavy atom. The topological polar surface area (TPSA) is 57.7 Å². The summed E-state index contributed by atoms with van der Waals surface area (Å²) in [5.74, 6) is 0.952. The van der Waals surface area contributed by atoms with Crippen LogP contribution in [0.5, 0.6) is 0 Å². The minimum atomic E-state index is 0.334. The Morgan fingerprint density at radius 2 is 2.14 bits per heavy atom. The molecule has 2 aromatic rings. The molecule has 0 unspecified atom stereocenters. The molecule has 3 rings (SSSR count). The number of aryl methyl sites for hydroxylation is 1. The SMILES string of the molecule is Cc1cc(-c2ccn[nH]2)nc([C@H]2CCCCN2C(C)C)n1. The van der Waals surface area contributed by atoms with Gasteiger partial charge in [-0.05, 0) is 52.3 Å². The Morgan fingerprint density at radius 3 is 2.86 bits per heavy atom. The first-order valence-corrected chi connectivity index (χ1v) is 7.76. The van der Waals surface area contributed by atoms with Gasteiger partial charge >= 0.3 is 0 Å². The molecule has 0 bridgehead atoms. The zero-order chi connectivity index (χ0) is 14.8. The summed E-state index contributed by atoms with van der Waals surface area (Å²) in [6.45, 7) is 7.68. The molecule has 5 nitrogen and oxygen atoms in total. The quantitative estimate of drug-likeness (QED) is 0.941. The van der Waals surface area contributed by atoms with Gasteiger partial charge in [-0.1, -0.05) is 6.42 Å². The van der Waals surface area contributed by atoms with Gasteiger partial charge in [0.05, 0.1) is 17.4 Å². The van der Waals surface area contributed by atoms with E-state index in [9.17, 15) is 0 Å². The number of hydrogen-bond donors (Lipinski definition) is 1. The molecule has 0 saturated carbocycles. The van der Waals surface area contributed by atoms with Crippen LogP contribution < -0.4 is 0 Å². The molecule has 0 radical (unpaired) electrons. The molecule has 1 atom stereocenters. The van der Waals surface area contributed by atoms with E-state index in [-0.39, 0.29) is 0 Å². The van der Waals surface area contributed by atoms with Gasteiger partial charge in [0.1, 0.15) is 5.82 Å². The van der Waals surface area contributed by atoms with E-state index in [1.165, 1.54) is 12.8 Å². The fourth-order valence-electron chi connectivity index (χ4n) is 3.13. The minimum absolute atomic E-state index is 0.334. The van der Waals surface area contributed by atoms with E-state index in [2.05, 4.69) is 28.9 Å². The van der Waals surface area contributed by atoms with Crippen molar-refractivity contribution in [1.82, 2.24) is 25.1 Å². The van der Waals surface area contributed by atoms with Gasteiger partial charge in [0, 0.05) is 17.9 Å². The van der Waals surface area contributed by atoms with Crippen LogP contribution in [-0.4, -0.2) is 37.7 Å². The van der Waals surface area contributed by atoms with Crippen LogP contribution >= 0.6 is 0 Å². The maximum Gasteiger partial charge on any atom is 0.146 e. The van der Waals surface area contributed by atoms with Crippen molar-refractivity contribution in [3.8, 4) is 11.4 Å². The molecule has 21 heavy (non-hydrogen) atoms. The van der Waals surface area contributed by atoms with Gasteiger partial charge in [-0.2, -0.15) is 5.10 Å². The van der Waals surface area contributed by atoms with Gasteiger partial charge in [0.15, 0.2) is 0 Å². The maximum atomic E-state index is 4.81. The van der Waals surface area contributed by atoms with Crippen LogP contribution in [-0.2, 0) is 0 Å². The van der Waals surface area contributed by atoms with Gasteiger partial charge < -0.3 is 0 Å². The van der Waals surface area contributed by atoms with E-state index in [4.69, 9.17) is 9.97 Å². The molecule has 0 aromatic carbocycles. The predicted molar refractivity (Wildman–Crippen MR) is 82.8 cm³/mol. The second-order valence-corrected chi connectivity index (χ2v) is 6.07. The van der Waals surface area contributed by atoms with E-state index >= 15 is 0 Å². The third kappa shape index (κ3) is 2.97. The second kappa shape index (κ2) is 5.93. The third-order valence-electron chi connectivity index (χ3n) is 4.15. The van der Waals surface area contributed by atoms with E-state index in [0.29, 0.717) is 12.1 Å². The van der Waals surface area contributed by atoms with Crippen LogP contribution in [0, 0.1) is 6.92 Å². The highest BCUT2D eigenvalue weighted by atomic mass is 15.2. The van der Waals surface area contributed by atoms with Crippen LogP contribution in [0.3, 0.4) is 0 Å².